The molecule has 0 unspecified atom stereocenters. The van der Waals surface area contributed by atoms with Crippen LogP contribution in [0, 0.1) is 11.6 Å². The fourth-order valence-electron chi connectivity index (χ4n) is 3.92. The summed E-state index contributed by atoms with van der Waals surface area (Å²) in [5.74, 6) is -0.211. The number of unbranched alkanes of at least 4 members (excludes halogenated alkanes) is 1. The number of halogens is 3. The Hall–Kier alpha value is -2.43. The molecule has 2 aliphatic rings. The lowest BCUT2D eigenvalue weighted by Gasteiger charge is -2.35. The maximum atomic E-state index is 13.5. The van der Waals surface area contributed by atoms with Crippen molar-refractivity contribution in [2.24, 2.45) is 0 Å². The molecular weight excluding hydrogens is 625 g/mol. The summed E-state index contributed by atoms with van der Waals surface area (Å²) in [6.07, 6.45) is 3.89. The predicted molar refractivity (Wildman–Crippen MR) is 174 cm³/mol. The zero-order valence-corrected chi connectivity index (χ0v) is 27.5. The molecule has 0 bridgehead atoms. The van der Waals surface area contributed by atoms with Gasteiger partial charge >= 0.3 is 0 Å². The quantitative estimate of drug-likeness (QED) is 0.335. The van der Waals surface area contributed by atoms with Crippen LogP contribution < -0.4 is 9.80 Å². The Bertz CT molecular complexity index is 977. The Morgan fingerprint density at radius 2 is 1.12 bits per heavy atom. The van der Waals surface area contributed by atoms with Crippen LogP contribution in [-0.2, 0) is 9.59 Å². The lowest BCUT2D eigenvalue weighted by atomic mass is 10.2. The van der Waals surface area contributed by atoms with Crippen molar-refractivity contribution in [1.82, 2.24) is 9.80 Å². The number of hydrogen-bond donors (Lipinski definition) is 0. The van der Waals surface area contributed by atoms with E-state index in [1.54, 1.807) is 36.9 Å². The van der Waals surface area contributed by atoms with E-state index in [1.807, 2.05) is 21.9 Å². The first kappa shape index (κ1) is 37.6. The van der Waals surface area contributed by atoms with E-state index in [2.05, 4.69) is 32.6 Å². The number of piperazine rings is 2. The van der Waals surface area contributed by atoms with Gasteiger partial charge in [-0.05, 0) is 30.3 Å². The molecule has 0 saturated carbocycles. The average molecular weight is 675 g/mol. The van der Waals surface area contributed by atoms with Crippen LogP contribution >= 0.6 is 24.0 Å². The second kappa shape index (κ2) is 21.3. The van der Waals surface area contributed by atoms with E-state index in [-0.39, 0.29) is 47.4 Å². The molecule has 9 heteroatoms. The van der Waals surface area contributed by atoms with Crippen LogP contribution in [0.3, 0.4) is 0 Å². The first-order valence-corrected chi connectivity index (χ1v) is 14.2. The van der Waals surface area contributed by atoms with Crippen molar-refractivity contribution >= 4 is 47.2 Å². The predicted octanol–water partition coefficient (Wildman–Crippen LogP) is 6.83. The van der Waals surface area contributed by atoms with Crippen LogP contribution in [0.1, 0.15) is 60.8 Å². The first-order valence-electron chi connectivity index (χ1n) is 14.2. The molecule has 0 spiro atoms. The number of rotatable bonds is 3. The monoisotopic (exact) mass is 674 g/mol. The summed E-state index contributed by atoms with van der Waals surface area (Å²) in [7, 11) is 0. The number of benzene rings is 2. The minimum absolute atomic E-state index is 0. The molecular formula is C31H49F2IN4O2. The molecule has 2 fully saturated rings. The summed E-state index contributed by atoms with van der Waals surface area (Å²) in [4.78, 5) is 30.0. The molecule has 2 amide bonds. The topological polar surface area (TPSA) is 47.1 Å². The van der Waals surface area contributed by atoms with Gasteiger partial charge in [-0.3, -0.25) is 9.59 Å². The van der Waals surface area contributed by atoms with E-state index in [4.69, 9.17) is 0 Å². The summed E-state index contributed by atoms with van der Waals surface area (Å²) in [6, 6.07) is 13.3. The Labute approximate surface area is 257 Å². The summed E-state index contributed by atoms with van der Waals surface area (Å²) in [5.41, 5.74) is 1.52. The molecule has 0 N–H and O–H groups in total. The summed E-state index contributed by atoms with van der Waals surface area (Å²) in [6.45, 7) is 17.5. The summed E-state index contributed by atoms with van der Waals surface area (Å²) in [5, 5.41) is 0. The van der Waals surface area contributed by atoms with Crippen LogP contribution in [-0.4, -0.2) is 74.0 Å². The van der Waals surface area contributed by atoms with E-state index in [0.717, 1.165) is 18.8 Å². The van der Waals surface area contributed by atoms with E-state index >= 15 is 0 Å². The fourth-order valence-corrected chi connectivity index (χ4v) is 3.92. The van der Waals surface area contributed by atoms with E-state index in [0.29, 0.717) is 45.0 Å². The van der Waals surface area contributed by atoms with Crippen molar-refractivity contribution < 1.29 is 18.4 Å². The second-order valence-corrected chi connectivity index (χ2v) is 9.62. The van der Waals surface area contributed by atoms with Gasteiger partial charge in [-0.2, -0.15) is 0 Å². The van der Waals surface area contributed by atoms with E-state index in [1.165, 1.54) is 37.5 Å². The smallest absolute Gasteiger partial charge is 0.219 e. The number of amides is 2. The van der Waals surface area contributed by atoms with Gasteiger partial charge in [0.2, 0.25) is 11.8 Å². The second-order valence-electron chi connectivity index (χ2n) is 9.62. The van der Waals surface area contributed by atoms with Gasteiger partial charge in [0.1, 0.15) is 11.6 Å². The van der Waals surface area contributed by atoms with Crippen molar-refractivity contribution in [2.75, 3.05) is 62.2 Å². The fraction of sp³-hybridized carbons (Fsp3) is 0.548. The largest absolute Gasteiger partial charge is 0.368 e. The van der Waals surface area contributed by atoms with Gasteiger partial charge in [-0.25, -0.2) is 8.78 Å². The molecule has 4 rings (SSSR count). The van der Waals surface area contributed by atoms with Crippen LogP contribution in [0.2, 0.25) is 0 Å². The molecule has 2 saturated heterocycles. The average Bonchev–Trinajstić information content (AvgIpc) is 2.94. The number of carbonyl (C=O) groups is 2. The highest BCUT2D eigenvalue weighted by Gasteiger charge is 2.20. The molecule has 2 aromatic rings. The molecule has 226 valence electrons. The molecule has 0 atom stereocenters. The molecule has 6 nitrogen and oxygen atoms in total. The minimum Gasteiger partial charge on any atom is -0.368 e. The summed E-state index contributed by atoms with van der Waals surface area (Å²) < 4.78 is 26.5. The van der Waals surface area contributed by atoms with Crippen molar-refractivity contribution in [2.45, 2.75) is 60.8 Å². The highest BCUT2D eigenvalue weighted by atomic mass is 127. The Kier molecular flexibility index (Phi) is 20.0. The van der Waals surface area contributed by atoms with Gasteiger partial charge in [0.05, 0.1) is 5.69 Å². The van der Waals surface area contributed by atoms with Crippen LogP contribution in [0.15, 0.2) is 48.5 Å². The Morgan fingerprint density at radius 1 is 0.675 bits per heavy atom. The SMILES string of the molecule is CC(=O)N1CCN(c2cccc(F)c2)CC1.CC(=O)N1CCN(c2ccccc2F)CC1.CCC.CCCC.I. The molecule has 40 heavy (non-hydrogen) atoms. The summed E-state index contributed by atoms with van der Waals surface area (Å²) >= 11 is 0. The Morgan fingerprint density at radius 3 is 1.52 bits per heavy atom. The van der Waals surface area contributed by atoms with E-state index in [9.17, 15) is 18.4 Å². The minimum atomic E-state index is -0.216. The highest BCUT2D eigenvalue weighted by Crippen LogP contribution is 2.20. The zero-order chi connectivity index (χ0) is 29.2. The van der Waals surface area contributed by atoms with E-state index < -0.39 is 0 Å². The van der Waals surface area contributed by atoms with Crippen molar-refractivity contribution in [3.05, 3.63) is 60.2 Å². The molecule has 0 radical (unpaired) electrons. The molecule has 0 aliphatic carbocycles. The molecule has 2 aromatic carbocycles. The van der Waals surface area contributed by atoms with Gasteiger partial charge in [0, 0.05) is 71.9 Å². The number of carbonyl (C=O) groups excluding carboxylic acids is 2. The van der Waals surface area contributed by atoms with Gasteiger partial charge < -0.3 is 19.6 Å². The Balaban J connectivity index is 0.000000606. The van der Waals surface area contributed by atoms with Crippen LogP contribution in [0.4, 0.5) is 20.2 Å². The number of nitrogens with zero attached hydrogens (tertiary/aromatic N) is 4. The van der Waals surface area contributed by atoms with Gasteiger partial charge in [0.25, 0.3) is 0 Å². The van der Waals surface area contributed by atoms with Gasteiger partial charge in [0.15, 0.2) is 0 Å². The molecule has 0 aromatic heterocycles. The number of para-hydroxylation sites is 1. The third-order valence-electron chi connectivity index (χ3n) is 6.32. The highest BCUT2D eigenvalue weighted by molar-refractivity contribution is 14.0. The van der Waals surface area contributed by atoms with Crippen LogP contribution in [0.25, 0.3) is 0 Å². The standard InChI is InChI=1S/2C12H15FN2O.C4H10.C3H8.HI/c1-10(16)14-5-7-15(8-6-14)12-4-2-3-11(13)9-12;1-10(16)14-6-8-15(9-7-14)12-5-3-2-4-11(12)13;1-3-4-2;1-3-2;/h2-4,9H,5-8H2,1H3;2-5H,6-9H2,1H3;3-4H2,1-2H3;3H2,1-2H3;1H. The third-order valence-corrected chi connectivity index (χ3v) is 6.32. The number of hydrogen-bond acceptors (Lipinski definition) is 4. The van der Waals surface area contributed by atoms with Gasteiger partial charge in [-0.15, -0.1) is 24.0 Å². The zero-order valence-electron chi connectivity index (χ0n) is 25.2. The molecule has 2 aliphatic heterocycles. The maximum Gasteiger partial charge on any atom is 0.219 e. The van der Waals surface area contributed by atoms with Crippen LogP contribution in [0.5, 0.6) is 0 Å². The first-order chi connectivity index (χ1) is 18.7. The van der Waals surface area contributed by atoms with Crippen molar-refractivity contribution in [3.63, 3.8) is 0 Å². The van der Waals surface area contributed by atoms with Crippen molar-refractivity contribution in [3.8, 4) is 0 Å². The lowest BCUT2D eigenvalue weighted by Crippen LogP contribution is -2.48. The third kappa shape index (κ3) is 13.8. The van der Waals surface area contributed by atoms with Crippen molar-refractivity contribution in [1.29, 1.82) is 0 Å². The normalized spacial score (nSPS) is 14.3. The molecule has 2 heterocycles. The van der Waals surface area contributed by atoms with Gasteiger partial charge in [-0.1, -0.05) is 65.2 Å². The lowest BCUT2D eigenvalue weighted by molar-refractivity contribution is -0.129. The maximum absolute atomic E-state index is 13.5. The number of anilines is 2.